The van der Waals surface area contributed by atoms with Crippen LogP contribution >= 0.6 is 0 Å². The van der Waals surface area contributed by atoms with Gasteiger partial charge >= 0.3 is 11.9 Å². The molecule has 0 radical (unpaired) electrons. The second kappa shape index (κ2) is 33.7. The van der Waals surface area contributed by atoms with Gasteiger partial charge < -0.3 is 39.4 Å². The smallest absolute Gasteiger partial charge is 0.306 e. The lowest BCUT2D eigenvalue weighted by Crippen LogP contribution is -2.59. The fraction of sp³-hybridized carbons (Fsp3) is 0.857. The van der Waals surface area contributed by atoms with Crippen LogP contribution in [0.5, 0.6) is 0 Å². The third-order valence-corrected chi connectivity index (χ3v) is 9.59. The second-order valence-electron chi connectivity index (χ2n) is 14.4. The number of ether oxygens (including phenoxy) is 4. The molecule has 1 fully saturated rings. The molecule has 52 heavy (non-hydrogen) atoms. The Bertz CT molecular complexity index is 907. The fourth-order valence-electron chi connectivity index (χ4n) is 6.22. The summed E-state index contributed by atoms with van der Waals surface area (Å²) in [7, 11) is 0. The van der Waals surface area contributed by atoms with Gasteiger partial charge in [0.05, 0.1) is 13.2 Å². The van der Waals surface area contributed by atoms with Gasteiger partial charge in [-0.3, -0.25) is 9.59 Å². The molecule has 0 amide bonds. The number of rotatable bonds is 34. The Labute approximate surface area is 315 Å². The number of carbonyl (C=O) groups is 2. The van der Waals surface area contributed by atoms with Crippen molar-refractivity contribution in [3.05, 3.63) is 24.3 Å². The Hall–Kier alpha value is -1.82. The molecule has 1 rings (SSSR count). The number of allylic oxidation sites excluding steroid dienone is 4. The van der Waals surface area contributed by atoms with Gasteiger partial charge in [-0.1, -0.05) is 141 Å². The molecule has 0 aromatic rings. The molecule has 6 unspecified atom stereocenters. The highest BCUT2D eigenvalue weighted by Gasteiger charge is 2.44. The number of hydrogen-bond donors (Lipinski definition) is 4. The summed E-state index contributed by atoms with van der Waals surface area (Å²) in [6.45, 7) is 3.37. The molecule has 10 heteroatoms. The van der Waals surface area contributed by atoms with E-state index in [-0.39, 0.29) is 32.0 Å². The van der Waals surface area contributed by atoms with Crippen molar-refractivity contribution in [2.45, 2.75) is 211 Å². The van der Waals surface area contributed by atoms with E-state index in [2.05, 4.69) is 38.2 Å². The van der Waals surface area contributed by atoms with E-state index in [9.17, 15) is 30.0 Å². The average molecular weight is 741 g/mol. The molecule has 10 nitrogen and oxygen atoms in total. The summed E-state index contributed by atoms with van der Waals surface area (Å²) in [4.78, 5) is 25.2. The first-order chi connectivity index (χ1) is 25.3. The van der Waals surface area contributed by atoms with Crippen LogP contribution in [0.3, 0.4) is 0 Å². The zero-order chi connectivity index (χ0) is 38.1. The zero-order valence-electron chi connectivity index (χ0n) is 32.8. The quantitative estimate of drug-likeness (QED) is 0.0289. The van der Waals surface area contributed by atoms with Gasteiger partial charge in [-0.2, -0.15) is 0 Å². The van der Waals surface area contributed by atoms with Crippen LogP contribution in [0.15, 0.2) is 24.3 Å². The summed E-state index contributed by atoms with van der Waals surface area (Å²) in [6.07, 6.45) is 27.5. The molecule has 0 spiro atoms. The van der Waals surface area contributed by atoms with Crippen molar-refractivity contribution >= 4 is 11.9 Å². The molecule has 0 aromatic carbocycles. The van der Waals surface area contributed by atoms with Gasteiger partial charge in [-0.05, 0) is 44.9 Å². The molecular formula is C42H76O10. The molecule has 1 saturated heterocycles. The lowest BCUT2D eigenvalue weighted by Gasteiger charge is -2.39. The minimum absolute atomic E-state index is 0.216. The minimum atomic E-state index is -1.59. The Balaban J connectivity index is 2.38. The fourth-order valence-corrected chi connectivity index (χ4v) is 6.22. The summed E-state index contributed by atoms with van der Waals surface area (Å²) in [6, 6.07) is 0. The zero-order valence-corrected chi connectivity index (χ0v) is 32.8. The van der Waals surface area contributed by atoms with Crippen molar-refractivity contribution < 1.29 is 49.0 Å². The largest absolute Gasteiger partial charge is 0.462 e. The number of esters is 2. The molecule has 1 aliphatic rings. The van der Waals surface area contributed by atoms with Gasteiger partial charge in [0.25, 0.3) is 0 Å². The first-order valence-electron chi connectivity index (χ1n) is 20.9. The van der Waals surface area contributed by atoms with Crippen molar-refractivity contribution in [1.29, 1.82) is 0 Å². The van der Waals surface area contributed by atoms with Gasteiger partial charge in [0.15, 0.2) is 12.4 Å². The van der Waals surface area contributed by atoms with E-state index in [4.69, 9.17) is 18.9 Å². The molecule has 0 bridgehead atoms. The number of unbranched alkanes of at least 4 members (excludes halogenated alkanes) is 19. The van der Waals surface area contributed by atoms with Crippen LogP contribution < -0.4 is 0 Å². The topological polar surface area (TPSA) is 152 Å². The Morgan fingerprint density at radius 2 is 1.08 bits per heavy atom. The predicted octanol–water partition coefficient (Wildman–Crippen LogP) is 8.16. The summed E-state index contributed by atoms with van der Waals surface area (Å²) in [5, 5.41) is 40.0. The van der Waals surface area contributed by atoms with E-state index < -0.39 is 49.4 Å². The van der Waals surface area contributed by atoms with E-state index >= 15 is 0 Å². The Kier molecular flexibility index (Phi) is 31.3. The van der Waals surface area contributed by atoms with Crippen LogP contribution in [0, 0.1) is 0 Å². The first kappa shape index (κ1) is 48.2. The molecule has 1 heterocycles. The molecule has 4 N–H and O–H groups in total. The minimum Gasteiger partial charge on any atom is -0.462 e. The van der Waals surface area contributed by atoms with Crippen LogP contribution in [0.25, 0.3) is 0 Å². The Morgan fingerprint density at radius 3 is 1.63 bits per heavy atom. The monoisotopic (exact) mass is 741 g/mol. The van der Waals surface area contributed by atoms with Gasteiger partial charge in [-0.25, -0.2) is 0 Å². The Morgan fingerprint density at radius 1 is 0.596 bits per heavy atom. The van der Waals surface area contributed by atoms with Crippen LogP contribution in [0.2, 0.25) is 0 Å². The molecule has 0 saturated carbocycles. The van der Waals surface area contributed by atoms with Crippen LogP contribution in [0.1, 0.15) is 174 Å². The maximum absolute atomic E-state index is 12.7. The van der Waals surface area contributed by atoms with Crippen LogP contribution in [0.4, 0.5) is 0 Å². The normalized spacial score (nSPS) is 21.2. The lowest BCUT2D eigenvalue weighted by molar-refractivity contribution is -0.305. The summed E-state index contributed by atoms with van der Waals surface area (Å²) in [5.41, 5.74) is 0. The van der Waals surface area contributed by atoms with Crippen LogP contribution in [-0.4, -0.2) is 89.0 Å². The lowest BCUT2D eigenvalue weighted by atomic mass is 9.99. The van der Waals surface area contributed by atoms with Crippen molar-refractivity contribution in [1.82, 2.24) is 0 Å². The standard InChI is InChI=1S/C42H76O10/c1-3-5-7-9-11-13-15-17-18-19-21-23-25-27-29-31-38(45)51-35(34-50-42-41(48)40(47)39(46)36(32-43)52-42)33-49-37(44)30-28-26-24-22-20-16-14-12-10-8-6-4-2/h11,13,17-18,35-36,39-43,46-48H,3-10,12,14-16,19-34H2,1-2H3/b13-11-,18-17-. The number of hydrogen-bond acceptors (Lipinski definition) is 10. The molecular weight excluding hydrogens is 664 g/mol. The van der Waals surface area contributed by atoms with Crippen molar-refractivity contribution in [3.8, 4) is 0 Å². The van der Waals surface area contributed by atoms with Crippen molar-refractivity contribution in [2.24, 2.45) is 0 Å². The predicted molar refractivity (Wildman–Crippen MR) is 206 cm³/mol. The maximum atomic E-state index is 12.7. The van der Waals surface area contributed by atoms with Crippen LogP contribution in [-0.2, 0) is 28.5 Å². The van der Waals surface area contributed by atoms with Gasteiger partial charge in [0.1, 0.15) is 31.0 Å². The summed E-state index contributed by atoms with van der Waals surface area (Å²) >= 11 is 0. The van der Waals surface area contributed by atoms with Gasteiger partial charge in [-0.15, -0.1) is 0 Å². The van der Waals surface area contributed by atoms with Crippen molar-refractivity contribution in [2.75, 3.05) is 19.8 Å². The van der Waals surface area contributed by atoms with E-state index in [1.54, 1.807) is 0 Å². The number of aliphatic hydroxyl groups excluding tert-OH is 4. The molecule has 1 aliphatic heterocycles. The maximum Gasteiger partial charge on any atom is 0.306 e. The number of aliphatic hydroxyl groups is 4. The summed E-state index contributed by atoms with van der Waals surface area (Å²) < 4.78 is 22.1. The van der Waals surface area contributed by atoms with Crippen molar-refractivity contribution in [3.63, 3.8) is 0 Å². The molecule has 0 aromatic heterocycles. The highest BCUT2D eigenvalue weighted by molar-refractivity contribution is 5.70. The third-order valence-electron chi connectivity index (χ3n) is 9.59. The average Bonchev–Trinajstić information content (AvgIpc) is 3.14. The van der Waals surface area contributed by atoms with Gasteiger partial charge in [0, 0.05) is 12.8 Å². The van der Waals surface area contributed by atoms with Gasteiger partial charge in [0.2, 0.25) is 0 Å². The highest BCUT2D eigenvalue weighted by Crippen LogP contribution is 2.22. The van der Waals surface area contributed by atoms with E-state index in [1.165, 1.54) is 83.5 Å². The highest BCUT2D eigenvalue weighted by atomic mass is 16.7. The molecule has 6 atom stereocenters. The molecule has 0 aliphatic carbocycles. The number of carbonyl (C=O) groups excluding carboxylic acids is 2. The van der Waals surface area contributed by atoms with E-state index in [0.717, 1.165) is 57.8 Å². The third kappa shape index (κ3) is 25.2. The second-order valence-corrected chi connectivity index (χ2v) is 14.4. The van der Waals surface area contributed by atoms with E-state index in [0.29, 0.717) is 6.42 Å². The summed E-state index contributed by atoms with van der Waals surface area (Å²) in [5.74, 6) is -0.820. The SMILES string of the molecule is CCCCC/C=C\C/C=C\CCCCCCCC(=O)OC(COC(=O)CCCCCCCCCCCCCC)COC1OC(CO)C(O)C(O)C1O. The molecule has 304 valence electrons. The first-order valence-corrected chi connectivity index (χ1v) is 20.9. The van der Waals surface area contributed by atoms with E-state index in [1.807, 2.05) is 0 Å².